The van der Waals surface area contributed by atoms with E-state index in [1.54, 1.807) is 11.3 Å². The van der Waals surface area contributed by atoms with Crippen molar-refractivity contribution in [3.05, 3.63) is 45.6 Å². The number of rotatable bonds is 1. The molecule has 0 atom stereocenters. The lowest BCUT2D eigenvalue weighted by atomic mass is 10.1. The zero-order chi connectivity index (χ0) is 11.1. The van der Waals surface area contributed by atoms with Gasteiger partial charge in [0.1, 0.15) is 5.58 Å². The molecule has 0 aliphatic carbocycles. The normalized spacial score (nSPS) is 11.3. The minimum absolute atomic E-state index is 0.216. The number of aryl methyl sites for hydroxylation is 1. The Bertz CT molecular complexity index is 721. The minimum Gasteiger partial charge on any atom is -0.422 e. The Morgan fingerprint density at radius 2 is 2.12 bits per heavy atom. The maximum absolute atomic E-state index is 11.9. The fourth-order valence-electron chi connectivity index (χ4n) is 1.97. The average molecular weight is 230 g/mol. The van der Waals surface area contributed by atoms with E-state index < -0.39 is 0 Å². The van der Waals surface area contributed by atoms with Gasteiger partial charge in [-0.2, -0.15) is 0 Å². The highest BCUT2D eigenvalue weighted by atomic mass is 32.1. The van der Waals surface area contributed by atoms with Gasteiger partial charge in [-0.15, -0.1) is 11.3 Å². The summed E-state index contributed by atoms with van der Waals surface area (Å²) < 4.78 is 6.37. The molecular weight excluding hydrogens is 220 g/mol. The summed E-state index contributed by atoms with van der Waals surface area (Å²) in [5, 5.41) is 3.83. The Morgan fingerprint density at radius 3 is 2.94 bits per heavy atom. The average Bonchev–Trinajstić information content (AvgIpc) is 2.74. The van der Waals surface area contributed by atoms with Gasteiger partial charge in [-0.1, -0.05) is 19.1 Å². The van der Waals surface area contributed by atoms with Crippen LogP contribution in [0.2, 0.25) is 0 Å². The third-order valence-electron chi connectivity index (χ3n) is 2.79. The maximum atomic E-state index is 11.9. The van der Waals surface area contributed by atoms with Crippen molar-refractivity contribution < 1.29 is 4.42 Å². The molecule has 0 fully saturated rings. The molecule has 0 saturated heterocycles. The van der Waals surface area contributed by atoms with E-state index in [-0.39, 0.29) is 5.63 Å². The van der Waals surface area contributed by atoms with Crippen LogP contribution in [0.3, 0.4) is 0 Å². The summed E-state index contributed by atoms with van der Waals surface area (Å²) in [5.41, 5.74) is 1.54. The molecule has 1 aromatic carbocycles. The molecule has 2 nitrogen and oxygen atoms in total. The van der Waals surface area contributed by atoms with Crippen molar-refractivity contribution in [1.82, 2.24) is 0 Å². The smallest absolute Gasteiger partial charge is 0.345 e. The second-order valence-electron chi connectivity index (χ2n) is 3.70. The molecule has 0 aliphatic heterocycles. The zero-order valence-corrected chi connectivity index (χ0v) is 9.64. The first kappa shape index (κ1) is 9.60. The molecule has 3 heteroatoms. The lowest BCUT2D eigenvalue weighted by Crippen LogP contribution is -1.99. The Morgan fingerprint density at radius 1 is 1.31 bits per heavy atom. The van der Waals surface area contributed by atoms with Crippen molar-refractivity contribution in [1.29, 1.82) is 0 Å². The van der Waals surface area contributed by atoms with Gasteiger partial charge < -0.3 is 4.42 Å². The molecular formula is C13H10O2S. The van der Waals surface area contributed by atoms with Gasteiger partial charge in [0.05, 0.1) is 10.1 Å². The molecule has 3 rings (SSSR count). The summed E-state index contributed by atoms with van der Waals surface area (Å²) in [6.07, 6.45) is 0.864. The number of fused-ring (bicyclic) bond motifs is 3. The summed E-state index contributed by atoms with van der Waals surface area (Å²) in [5.74, 6) is 0. The monoisotopic (exact) mass is 230 g/mol. The first-order valence-electron chi connectivity index (χ1n) is 5.23. The molecule has 16 heavy (non-hydrogen) atoms. The van der Waals surface area contributed by atoms with Crippen LogP contribution in [0.25, 0.3) is 21.1 Å². The van der Waals surface area contributed by atoms with Crippen LogP contribution in [-0.4, -0.2) is 0 Å². The van der Waals surface area contributed by atoms with E-state index in [1.807, 2.05) is 29.6 Å². The van der Waals surface area contributed by atoms with Crippen molar-refractivity contribution in [2.24, 2.45) is 0 Å². The number of benzene rings is 1. The number of hydrogen-bond acceptors (Lipinski definition) is 3. The van der Waals surface area contributed by atoms with E-state index in [1.165, 1.54) is 0 Å². The van der Waals surface area contributed by atoms with Gasteiger partial charge in [-0.3, -0.25) is 0 Å². The highest BCUT2D eigenvalue weighted by Crippen LogP contribution is 2.30. The van der Waals surface area contributed by atoms with Crippen LogP contribution in [-0.2, 0) is 6.42 Å². The molecule has 2 heterocycles. The zero-order valence-electron chi connectivity index (χ0n) is 8.82. The number of thiophene rings is 1. The lowest BCUT2D eigenvalue weighted by Gasteiger charge is -1.98. The molecule has 0 saturated carbocycles. The summed E-state index contributed by atoms with van der Waals surface area (Å²) in [6.45, 7) is 2.05. The molecule has 0 radical (unpaired) electrons. The van der Waals surface area contributed by atoms with E-state index in [0.717, 1.165) is 27.5 Å². The van der Waals surface area contributed by atoms with Crippen molar-refractivity contribution in [2.45, 2.75) is 13.3 Å². The maximum Gasteiger partial charge on any atom is 0.345 e. The van der Waals surface area contributed by atoms with Crippen LogP contribution in [0.4, 0.5) is 0 Å². The first-order chi connectivity index (χ1) is 7.81. The number of hydrogen-bond donors (Lipinski definition) is 0. The van der Waals surface area contributed by atoms with Crippen molar-refractivity contribution >= 4 is 32.4 Å². The molecule has 3 aromatic rings. The number of para-hydroxylation sites is 1. The Hall–Kier alpha value is -1.61. The summed E-state index contributed by atoms with van der Waals surface area (Å²) in [6, 6.07) is 7.68. The quantitative estimate of drug-likeness (QED) is 0.598. The summed E-state index contributed by atoms with van der Waals surface area (Å²) in [4.78, 5) is 11.9. The highest BCUT2D eigenvalue weighted by molar-refractivity contribution is 7.18. The first-order valence-corrected chi connectivity index (χ1v) is 6.11. The van der Waals surface area contributed by atoms with Gasteiger partial charge in [0.2, 0.25) is 0 Å². The van der Waals surface area contributed by atoms with E-state index >= 15 is 0 Å². The standard InChI is InChI=1S/C13H10O2S/c1-2-8-7-16-12-9-5-3-4-6-10(9)15-13(14)11(8)12/h3-7H,2H2,1H3. The molecule has 80 valence electrons. The van der Waals surface area contributed by atoms with Crippen molar-refractivity contribution in [3.8, 4) is 0 Å². The Balaban J connectivity index is 2.61. The Labute approximate surface area is 96.1 Å². The van der Waals surface area contributed by atoms with Crippen LogP contribution in [0.15, 0.2) is 38.9 Å². The van der Waals surface area contributed by atoms with Crippen molar-refractivity contribution in [3.63, 3.8) is 0 Å². The van der Waals surface area contributed by atoms with Crippen molar-refractivity contribution in [2.75, 3.05) is 0 Å². The lowest BCUT2D eigenvalue weighted by molar-refractivity contribution is 0.569. The molecule has 0 aliphatic rings. The third-order valence-corrected chi connectivity index (χ3v) is 3.85. The van der Waals surface area contributed by atoms with Gasteiger partial charge in [0.25, 0.3) is 0 Å². The molecule has 0 unspecified atom stereocenters. The largest absolute Gasteiger partial charge is 0.422 e. The second-order valence-corrected chi connectivity index (χ2v) is 4.58. The molecule has 2 aromatic heterocycles. The fraction of sp³-hybridized carbons (Fsp3) is 0.154. The van der Waals surface area contributed by atoms with Crippen LogP contribution in [0.5, 0.6) is 0 Å². The molecule has 0 amide bonds. The predicted octanol–water partition coefficient (Wildman–Crippen LogP) is 3.57. The highest BCUT2D eigenvalue weighted by Gasteiger charge is 2.11. The van der Waals surface area contributed by atoms with E-state index in [4.69, 9.17) is 4.42 Å². The van der Waals surface area contributed by atoms with Crippen LogP contribution >= 0.6 is 11.3 Å². The molecule has 0 N–H and O–H groups in total. The van der Waals surface area contributed by atoms with Crippen LogP contribution < -0.4 is 5.63 Å². The summed E-state index contributed by atoms with van der Waals surface area (Å²) in [7, 11) is 0. The van der Waals surface area contributed by atoms with Gasteiger partial charge in [-0.25, -0.2) is 4.79 Å². The molecule has 0 spiro atoms. The minimum atomic E-state index is -0.216. The Kier molecular flexibility index (Phi) is 2.07. The van der Waals surface area contributed by atoms with E-state index in [0.29, 0.717) is 5.58 Å². The summed E-state index contributed by atoms with van der Waals surface area (Å²) >= 11 is 1.62. The third kappa shape index (κ3) is 1.21. The van der Waals surface area contributed by atoms with Crippen LogP contribution in [0.1, 0.15) is 12.5 Å². The fourth-order valence-corrected chi connectivity index (χ4v) is 3.14. The predicted molar refractivity (Wildman–Crippen MR) is 67.2 cm³/mol. The van der Waals surface area contributed by atoms with Crippen LogP contribution in [0, 0.1) is 0 Å². The second kappa shape index (κ2) is 3.46. The SMILES string of the molecule is CCc1csc2c1c(=O)oc1ccccc12. The topological polar surface area (TPSA) is 30.2 Å². The van der Waals surface area contributed by atoms with Gasteiger partial charge >= 0.3 is 5.63 Å². The van der Waals surface area contributed by atoms with Gasteiger partial charge in [0, 0.05) is 5.39 Å². The van der Waals surface area contributed by atoms with E-state index in [2.05, 4.69) is 6.92 Å². The van der Waals surface area contributed by atoms with E-state index in [9.17, 15) is 4.79 Å². The van der Waals surface area contributed by atoms with Gasteiger partial charge in [-0.05, 0) is 29.5 Å². The molecule has 0 bridgehead atoms. The van der Waals surface area contributed by atoms with Gasteiger partial charge in [0.15, 0.2) is 0 Å².